The van der Waals surface area contributed by atoms with E-state index in [2.05, 4.69) is 0 Å². The minimum absolute atomic E-state index is 0.0162. The lowest BCUT2D eigenvalue weighted by Crippen LogP contribution is -2.36. The number of hydrogen-bond donors (Lipinski definition) is 0. The van der Waals surface area contributed by atoms with Crippen molar-refractivity contribution in [2.24, 2.45) is 5.92 Å². The van der Waals surface area contributed by atoms with Crippen LogP contribution in [0.1, 0.15) is 6.42 Å². The molecular formula is C12H11Cl2NO3S. The Morgan fingerprint density at radius 1 is 1.21 bits per heavy atom. The van der Waals surface area contributed by atoms with Gasteiger partial charge in [-0.25, -0.2) is 8.42 Å². The van der Waals surface area contributed by atoms with Gasteiger partial charge in [0.1, 0.15) is 0 Å². The van der Waals surface area contributed by atoms with Crippen LogP contribution in [0.25, 0.3) is 0 Å². The number of nitrogens with zero attached hydrogens (tertiary/aromatic N) is 1. The Hall–Kier alpha value is -0.780. The number of carbonyl (C=O) groups excluding carboxylic acids is 1. The maximum Gasteiger partial charge on any atom is 0.227 e. The van der Waals surface area contributed by atoms with E-state index in [1.54, 1.807) is 18.2 Å². The highest BCUT2D eigenvalue weighted by atomic mass is 35.5. The Balaban J connectivity index is 2.02. The van der Waals surface area contributed by atoms with Crippen molar-refractivity contribution >= 4 is 44.6 Å². The monoisotopic (exact) mass is 319 g/mol. The molecule has 2 heterocycles. The molecule has 0 unspecified atom stereocenters. The molecule has 2 saturated heterocycles. The average molecular weight is 320 g/mol. The lowest BCUT2D eigenvalue weighted by molar-refractivity contribution is -0.117. The first kappa shape index (κ1) is 13.2. The minimum atomic E-state index is -3.05. The average Bonchev–Trinajstić information content (AvgIpc) is 2.70. The number of hydrogen-bond acceptors (Lipinski definition) is 3. The lowest BCUT2D eigenvalue weighted by Gasteiger charge is -2.24. The highest BCUT2D eigenvalue weighted by Crippen LogP contribution is 2.40. The lowest BCUT2D eigenvalue weighted by atomic mass is 10.0. The molecule has 4 nitrogen and oxygen atoms in total. The van der Waals surface area contributed by atoms with Crippen LogP contribution >= 0.6 is 23.2 Å². The molecule has 0 bridgehead atoms. The summed E-state index contributed by atoms with van der Waals surface area (Å²) in [5.41, 5.74) is 0.542. The van der Waals surface area contributed by atoms with Gasteiger partial charge in [0, 0.05) is 17.4 Å². The topological polar surface area (TPSA) is 54.5 Å². The van der Waals surface area contributed by atoms with E-state index in [1.807, 2.05) is 0 Å². The first-order valence-electron chi connectivity index (χ1n) is 5.85. The van der Waals surface area contributed by atoms with E-state index in [0.29, 0.717) is 15.7 Å². The molecule has 1 amide bonds. The Labute approximate surface area is 121 Å². The Morgan fingerprint density at radius 3 is 2.63 bits per heavy atom. The summed E-state index contributed by atoms with van der Waals surface area (Å²) in [7, 11) is -3.05. The molecule has 2 fully saturated rings. The smallest absolute Gasteiger partial charge is 0.227 e. The largest absolute Gasteiger partial charge is 0.306 e. The summed E-state index contributed by atoms with van der Waals surface area (Å²) in [5.74, 6) is -0.0913. The molecule has 0 radical (unpaired) electrons. The molecule has 2 atom stereocenters. The number of sulfone groups is 1. The SMILES string of the molecule is O=C1C[C@H]2CS(=O)(=O)C[C@@H]2N1c1ccc(Cl)cc1Cl. The second-order valence-electron chi connectivity index (χ2n) is 4.97. The molecule has 2 aliphatic rings. The van der Waals surface area contributed by atoms with E-state index in [1.165, 1.54) is 4.90 Å². The van der Waals surface area contributed by atoms with Crippen LogP contribution in [0.3, 0.4) is 0 Å². The van der Waals surface area contributed by atoms with Crippen molar-refractivity contribution in [2.45, 2.75) is 12.5 Å². The van der Waals surface area contributed by atoms with Crippen LogP contribution in [0.2, 0.25) is 10.0 Å². The molecule has 2 aliphatic heterocycles. The summed E-state index contributed by atoms with van der Waals surface area (Å²) < 4.78 is 23.3. The molecule has 0 aliphatic carbocycles. The number of benzene rings is 1. The predicted octanol–water partition coefficient (Wildman–Crippen LogP) is 2.14. The maximum absolute atomic E-state index is 12.1. The summed E-state index contributed by atoms with van der Waals surface area (Å²) >= 11 is 11.9. The first-order valence-corrected chi connectivity index (χ1v) is 8.43. The summed E-state index contributed by atoms with van der Waals surface area (Å²) in [6, 6.07) is 4.57. The van der Waals surface area contributed by atoms with Crippen molar-refractivity contribution in [3.05, 3.63) is 28.2 Å². The molecule has 7 heteroatoms. The van der Waals surface area contributed by atoms with Gasteiger partial charge >= 0.3 is 0 Å². The van der Waals surface area contributed by atoms with E-state index in [4.69, 9.17) is 23.2 Å². The molecular weight excluding hydrogens is 309 g/mol. The van der Waals surface area contributed by atoms with E-state index in [9.17, 15) is 13.2 Å². The zero-order valence-corrected chi connectivity index (χ0v) is 12.2. The summed E-state index contributed by atoms with van der Waals surface area (Å²) in [6.45, 7) is 0. The number of rotatable bonds is 1. The molecule has 0 saturated carbocycles. The Kier molecular flexibility index (Phi) is 3.04. The summed E-state index contributed by atoms with van der Waals surface area (Å²) in [5, 5.41) is 0.849. The third-order valence-electron chi connectivity index (χ3n) is 3.64. The molecule has 0 aromatic heterocycles. The minimum Gasteiger partial charge on any atom is -0.306 e. The van der Waals surface area contributed by atoms with E-state index in [-0.39, 0.29) is 35.8 Å². The van der Waals surface area contributed by atoms with Gasteiger partial charge in [-0.05, 0) is 18.2 Å². The molecule has 0 spiro atoms. The van der Waals surface area contributed by atoms with Gasteiger partial charge in [-0.2, -0.15) is 0 Å². The van der Waals surface area contributed by atoms with E-state index < -0.39 is 9.84 Å². The van der Waals surface area contributed by atoms with Crippen LogP contribution < -0.4 is 4.90 Å². The number of amides is 1. The van der Waals surface area contributed by atoms with Crippen molar-refractivity contribution in [1.29, 1.82) is 0 Å². The number of carbonyl (C=O) groups is 1. The van der Waals surface area contributed by atoms with Gasteiger partial charge in [-0.3, -0.25) is 4.79 Å². The normalized spacial score (nSPS) is 28.7. The first-order chi connectivity index (χ1) is 8.87. The fourth-order valence-corrected chi connectivity index (χ4v) is 5.45. The van der Waals surface area contributed by atoms with Crippen molar-refractivity contribution in [1.82, 2.24) is 0 Å². The molecule has 102 valence electrons. The van der Waals surface area contributed by atoms with Crippen molar-refractivity contribution in [3.8, 4) is 0 Å². The van der Waals surface area contributed by atoms with Crippen LogP contribution in [-0.2, 0) is 14.6 Å². The fourth-order valence-electron chi connectivity index (χ4n) is 2.88. The third-order valence-corrected chi connectivity index (χ3v) is 5.97. The molecule has 0 N–H and O–H groups in total. The van der Waals surface area contributed by atoms with Crippen LogP contribution in [0.4, 0.5) is 5.69 Å². The van der Waals surface area contributed by atoms with Crippen LogP contribution in [0.5, 0.6) is 0 Å². The quantitative estimate of drug-likeness (QED) is 0.797. The van der Waals surface area contributed by atoms with Crippen molar-refractivity contribution in [3.63, 3.8) is 0 Å². The van der Waals surface area contributed by atoms with Crippen LogP contribution in [0.15, 0.2) is 18.2 Å². The van der Waals surface area contributed by atoms with Gasteiger partial charge in [0.15, 0.2) is 9.84 Å². The zero-order valence-electron chi connectivity index (χ0n) is 9.84. The highest BCUT2D eigenvalue weighted by molar-refractivity contribution is 7.91. The van der Waals surface area contributed by atoms with Crippen molar-refractivity contribution < 1.29 is 13.2 Å². The zero-order chi connectivity index (χ0) is 13.8. The Bertz CT molecular complexity index is 659. The van der Waals surface area contributed by atoms with Gasteiger partial charge in [0.2, 0.25) is 5.91 Å². The van der Waals surface area contributed by atoms with E-state index in [0.717, 1.165) is 0 Å². The molecule has 1 aromatic rings. The van der Waals surface area contributed by atoms with Gasteiger partial charge in [-0.1, -0.05) is 23.2 Å². The number of anilines is 1. The van der Waals surface area contributed by atoms with Crippen LogP contribution in [-0.4, -0.2) is 31.9 Å². The van der Waals surface area contributed by atoms with Gasteiger partial charge in [-0.15, -0.1) is 0 Å². The number of fused-ring (bicyclic) bond motifs is 1. The van der Waals surface area contributed by atoms with E-state index >= 15 is 0 Å². The second-order valence-corrected chi connectivity index (χ2v) is 7.97. The highest BCUT2D eigenvalue weighted by Gasteiger charge is 2.49. The van der Waals surface area contributed by atoms with Gasteiger partial charge in [0.05, 0.1) is 28.3 Å². The van der Waals surface area contributed by atoms with Gasteiger partial charge in [0.25, 0.3) is 0 Å². The summed E-state index contributed by atoms with van der Waals surface area (Å²) in [6.07, 6.45) is 0.267. The summed E-state index contributed by atoms with van der Waals surface area (Å²) in [4.78, 5) is 13.6. The molecule has 19 heavy (non-hydrogen) atoms. The fraction of sp³-hybridized carbons (Fsp3) is 0.417. The van der Waals surface area contributed by atoms with Crippen LogP contribution in [0, 0.1) is 5.92 Å². The predicted molar refractivity (Wildman–Crippen MR) is 74.5 cm³/mol. The van der Waals surface area contributed by atoms with Crippen molar-refractivity contribution in [2.75, 3.05) is 16.4 Å². The molecule has 3 rings (SSSR count). The van der Waals surface area contributed by atoms with Gasteiger partial charge < -0.3 is 4.90 Å². The molecule has 1 aromatic carbocycles. The second kappa shape index (κ2) is 4.36. The Morgan fingerprint density at radius 2 is 1.95 bits per heavy atom. The number of halogens is 2. The maximum atomic E-state index is 12.1. The third kappa shape index (κ3) is 2.24. The standard InChI is InChI=1S/C12H11Cl2NO3S/c13-8-1-2-10(9(14)4-8)15-11-6-19(17,18)5-7(11)3-12(15)16/h1-2,4,7,11H,3,5-6H2/t7-,11-/m0/s1.